The molecule has 12 fully saturated rings. The van der Waals surface area contributed by atoms with Gasteiger partial charge >= 0.3 is 11.9 Å². The summed E-state index contributed by atoms with van der Waals surface area (Å²) in [6, 6.07) is 82.1. The molecule has 10 aromatic carbocycles. The first-order valence-corrected chi connectivity index (χ1v) is 44.6. The zero-order valence-corrected chi connectivity index (χ0v) is 70.8. The Kier molecular flexibility index (Phi) is 26.1. The number of phenols is 2. The second-order valence-electron chi connectivity index (χ2n) is 34.6. The number of Topliss-reactive ketones (excluding diaryl/α,β-unsaturated/α-hetero) is 1. The number of alkyl halides is 1. The Morgan fingerprint density at radius 2 is 0.551 bits per heavy atom. The summed E-state index contributed by atoms with van der Waals surface area (Å²) in [5, 5.41) is 18.9. The molecule has 12 saturated carbocycles. The summed E-state index contributed by atoms with van der Waals surface area (Å²) in [5.41, 5.74) is -0.424. The van der Waals surface area contributed by atoms with Crippen molar-refractivity contribution in [2.45, 2.75) is 164 Å². The minimum atomic E-state index is -0.366. The Labute approximate surface area is 716 Å². The fourth-order valence-electron chi connectivity index (χ4n) is 21.7. The van der Waals surface area contributed by atoms with Crippen molar-refractivity contribution in [3.63, 3.8) is 0 Å². The van der Waals surface area contributed by atoms with Crippen LogP contribution in [0.1, 0.15) is 124 Å². The molecule has 1 unspecified atom stereocenters. The van der Waals surface area contributed by atoms with E-state index < -0.39 is 0 Å². The molecule has 13 nitrogen and oxygen atoms in total. The first kappa shape index (κ1) is 83.8. The number of carbonyl (C=O) groups excluding carboxylic acids is 3. The van der Waals surface area contributed by atoms with Crippen LogP contribution in [0, 0.1) is 76.4 Å². The van der Waals surface area contributed by atoms with E-state index in [4.69, 9.17) is 49.5 Å². The van der Waals surface area contributed by atoms with Crippen LogP contribution in [0.25, 0.3) is 0 Å². The Morgan fingerprint density at radius 3 is 0.839 bits per heavy atom. The van der Waals surface area contributed by atoms with Crippen LogP contribution in [0.5, 0.6) is 69.0 Å². The van der Waals surface area contributed by atoms with E-state index in [9.17, 15) is 24.6 Å². The molecule has 0 heterocycles. The number of phenolic OH excluding ortho intramolecular Hbond substituents is 2. The van der Waals surface area contributed by atoms with Gasteiger partial charge in [-0.3, -0.25) is 9.59 Å². The fourth-order valence-corrected chi connectivity index (χ4v) is 25.9. The van der Waals surface area contributed by atoms with Crippen molar-refractivity contribution in [1.82, 2.24) is 0 Å². The molecular formula is C100H103Cl3O13S2. The number of esters is 2. The minimum absolute atomic E-state index is 0. The van der Waals surface area contributed by atoms with Crippen molar-refractivity contribution >= 4 is 51.1 Å². The molecule has 0 aliphatic heterocycles. The molecule has 0 radical (unpaired) electrons. The van der Waals surface area contributed by atoms with Gasteiger partial charge in [-0.2, -0.15) is 0 Å². The van der Waals surface area contributed by atoms with E-state index in [1.54, 1.807) is 48.5 Å². The highest BCUT2D eigenvalue weighted by Gasteiger charge is 2.59. The number of hydrogen-bond donors (Lipinski definition) is 2. The molecule has 0 saturated heterocycles. The third-order valence-corrected chi connectivity index (χ3v) is 31.8. The van der Waals surface area contributed by atoms with E-state index in [1.807, 2.05) is 109 Å². The summed E-state index contributed by atoms with van der Waals surface area (Å²) < 4.78 is 48.1. The van der Waals surface area contributed by atoms with Crippen LogP contribution in [-0.2, 0) is 45.6 Å². The van der Waals surface area contributed by atoms with E-state index >= 15 is 0 Å². The summed E-state index contributed by atoms with van der Waals surface area (Å²) >= 11 is 5.55. The first-order chi connectivity index (χ1) is 56.4. The van der Waals surface area contributed by atoms with E-state index in [0.29, 0.717) is 76.4 Å². The molecule has 12 aliphatic rings. The van der Waals surface area contributed by atoms with Crippen LogP contribution in [-0.4, -0.2) is 58.2 Å². The first-order valence-electron chi connectivity index (χ1n) is 41.6. The summed E-state index contributed by atoms with van der Waals surface area (Å²) in [6.07, 6.45) is 20.0. The quantitative estimate of drug-likeness (QED) is 0.0316. The monoisotopic (exact) mass is 1680 g/mol. The highest BCUT2D eigenvalue weighted by molar-refractivity contribution is 7.97. The molecular weight excluding hydrogens is 1580 g/mol. The zero-order valence-electron chi connectivity index (χ0n) is 66.9. The Balaban J connectivity index is 0.000000170. The van der Waals surface area contributed by atoms with Gasteiger partial charge in [-0.15, -0.1) is 11.6 Å². The molecule has 10 aromatic rings. The van der Waals surface area contributed by atoms with Crippen molar-refractivity contribution in [1.29, 1.82) is 0 Å². The second kappa shape index (κ2) is 36.8. The Morgan fingerprint density at radius 1 is 0.314 bits per heavy atom. The predicted octanol–water partition coefficient (Wildman–Crippen LogP) is 18.1. The lowest BCUT2D eigenvalue weighted by atomic mass is 9.45. The maximum absolute atomic E-state index is 13.2. The van der Waals surface area contributed by atoms with E-state index in [1.165, 1.54) is 121 Å². The third-order valence-electron chi connectivity index (χ3n) is 27.1. The predicted molar refractivity (Wildman–Crippen MR) is 452 cm³/mol. The van der Waals surface area contributed by atoms with Gasteiger partial charge < -0.3 is 72.9 Å². The summed E-state index contributed by atoms with van der Waals surface area (Å²) in [5.74, 6) is 15.9. The average molecular weight is 1680 g/mol. The van der Waals surface area contributed by atoms with Crippen molar-refractivity contribution < 1.29 is 87.3 Å². The molecule has 0 aromatic heterocycles. The van der Waals surface area contributed by atoms with Crippen molar-refractivity contribution in [3.05, 3.63) is 255 Å². The van der Waals surface area contributed by atoms with Crippen LogP contribution in [0.3, 0.4) is 0 Å². The normalized spacial score (nSPS) is 26.8. The Bertz CT molecular complexity index is 4670. The average Bonchev–Trinajstić information content (AvgIpc) is 0.742. The lowest BCUT2D eigenvalue weighted by Gasteiger charge is -2.60. The SMILES string of the molecule is CC1(CC(=O)COc2ccc(Oc3ccc([S+](c4ccccc4)c4ccc(Oc5ccc(OCC(=O)OC6(C)C7CC8CC(C7)CC6C8)cc5)cc4)cc3)cc2)C2CC3CC(C2)CC1C3.CC1(OC(=O)CCl)C2CC3CC(C2)CC1C3.Oc1ccc(Oc2ccc([S+](c3ccccc3)c3ccc(Oc4ccc(O)cc4)cc3)cc2)cc1.[Cl-].[Cl-]. The number of rotatable bonds is 25. The molecule has 12 bridgehead atoms. The number of carbonyl (C=O) groups is 3. The Hall–Kier alpha value is -9.22. The molecule has 0 spiro atoms. The van der Waals surface area contributed by atoms with Crippen LogP contribution in [0.15, 0.2) is 284 Å². The van der Waals surface area contributed by atoms with Gasteiger partial charge in [0.25, 0.3) is 0 Å². The van der Waals surface area contributed by atoms with Gasteiger partial charge in [-0.05, 0) is 405 Å². The smallest absolute Gasteiger partial charge is 0.344 e. The maximum Gasteiger partial charge on any atom is 0.344 e. The summed E-state index contributed by atoms with van der Waals surface area (Å²) in [7, 11) is -0.674. The zero-order chi connectivity index (χ0) is 79.5. The highest BCUT2D eigenvalue weighted by atomic mass is 35.5. The number of halogens is 3. The van der Waals surface area contributed by atoms with Crippen LogP contribution >= 0.6 is 11.6 Å². The van der Waals surface area contributed by atoms with Gasteiger partial charge in [0.2, 0.25) is 0 Å². The largest absolute Gasteiger partial charge is 1.00 e. The van der Waals surface area contributed by atoms with Gasteiger partial charge in [0, 0.05) is 6.42 Å². The topological polar surface area (TPSA) is 166 Å². The van der Waals surface area contributed by atoms with Crippen LogP contribution < -0.4 is 53.2 Å². The summed E-state index contributed by atoms with van der Waals surface area (Å²) in [6.45, 7) is 6.71. The third kappa shape index (κ3) is 19.2. The van der Waals surface area contributed by atoms with Crippen LogP contribution in [0.4, 0.5) is 0 Å². The fraction of sp³-hybridized carbons (Fsp3) is 0.370. The lowest BCUT2D eigenvalue weighted by molar-refractivity contribution is -0.204. The van der Waals surface area contributed by atoms with Crippen molar-refractivity contribution in [2.24, 2.45) is 76.4 Å². The summed E-state index contributed by atoms with van der Waals surface area (Å²) in [4.78, 5) is 44.7. The molecule has 18 heteroatoms. The number of ketones is 1. The van der Waals surface area contributed by atoms with Crippen molar-refractivity contribution in [2.75, 3.05) is 19.1 Å². The standard InChI is InChI=1S/C57H61O7S.C30H22O4S.C13H19ClO2.2ClH/c1-56(41-26-37-24-38(28-41)29-42(56)27-37)34-45(58)35-60-46-8-12-48(13-9-46)62-50-16-20-53(21-17-50)65(52-6-4-3-5-7-52)54-22-18-51(19-23-54)63-49-14-10-47(11-15-49)61-36-55(59)64-57(2)43-30-39-25-40(32-43)33-44(57)31-39;31-22-6-10-24(11-7-22)33-26-14-18-29(19-15-26)35(28-4-2-1-3-5-28)30-20-16-27(17-21-30)34-25-12-8-23(32)9-13-25;1-13(16-12(15)7-14)10-3-8-2-9(5-10)6-11(13)4-8;;/h3-23,37-44H,24-36H2,1-2H3;1-21H,(H-,31,32);8-11H,2-7H2,1H3;2*1H/q+1;;;;/p-1. The van der Waals surface area contributed by atoms with Gasteiger partial charge in [-0.25, -0.2) is 4.79 Å². The molecule has 1 atom stereocenters. The van der Waals surface area contributed by atoms with E-state index in [-0.39, 0.29) is 112 Å². The molecule has 22 rings (SSSR count). The van der Waals surface area contributed by atoms with E-state index in [2.05, 4.69) is 118 Å². The number of hydrogen-bond acceptors (Lipinski definition) is 13. The molecule has 12 aliphatic carbocycles. The van der Waals surface area contributed by atoms with E-state index in [0.717, 1.165) is 63.4 Å². The number of benzene rings is 10. The van der Waals surface area contributed by atoms with Crippen LogP contribution in [0.2, 0.25) is 0 Å². The second-order valence-corrected chi connectivity index (χ2v) is 38.9. The maximum atomic E-state index is 13.2. The molecule has 0 amide bonds. The van der Waals surface area contributed by atoms with Gasteiger partial charge in [-0.1, -0.05) is 43.3 Å². The molecule has 118 heavy (non-hydrogen) atoms. The lowest BCUT2D eigenvalue weighted by Crippen LogP contribution is -3.00. The molecule has 614 valence electrons. The number of aromatic hydroxyl groups is 2. The number of ether oxygens (including phenoxy) is 8. The van der Waals surface area contributed by atoms with Crippen molar-refractivity contribution in [3.8, 4) is 69.0 Å². The molecule has 2 N–H and O–H groups in total. The van der Waals surface area contributed by atoms with Gasteiger partial charge in [0.05, 0.1) is 21.8 Å². The van der Waals surface area contributed by atoms with Gasteiger partial charge in [0.1, 0.15) is 92.7 Å². The minimum Gasteiger partial charge on any atom is -1.00 e. The van der Waals surface area contributed by atoms with Gasteiger partial charge in [0.15, 0.2) is 41.8 Å². The highest BCUT2D eigenvalue weighted by Crippen LogP contribution is 2.64.